The molecule has 0 bridgehead atoms. The van der Waals surface area contributed by atoms with Crippen molar-refractivity contribution in [3.8, 4) is 11.5 Å². The number of carboxylic acid groups (broad SMARTS) is 1. The summed E-state index contributed by atoms with van der Waals surface area (Å²) in [6, 6.07) is 8.88. The van der Waals surface area contributed by atoms with Crippen LogP contribution < -0.4 is 4.74 Å². The van der Waals surface area contributed by atoms with Crippen molar-refractivity contribution >= 4 is 21.9 Å². The van der Waals surface area contributed by atoms with Crippen LogP contribution in [-0.4, -0.2) is 11.1 Å². The number of hydrogen-bond donors (Lipinski definition) is 1. The van der Waals surface area contributed by atoms with Gasteiger partial charge >= 0.3 is 5.97 Å². The quantitative estimate of drug-likeness (QED) is 0.910. The topological polar surface area (TPSA) is 46.5 Å². The first-order chi connectivity index (χ1) is 8.97. The Hall–Kier alpha value is -1.88. The fourth-order valence-electron chi connectivity index (χ4n) is 1.57. The summed E-state index contributed by atoms with van der Waals surface area (Å²) in [4.78, 5) is 10.8. The second kappa shape index (κ2) is 5.40. The lowest BCUT2D eigenvalue weighted by molar-refractivity contribution is 0.0697. The molecule has 0 heterocycles. The van der Waals surface area contributed by atoms with E-state index in [1.807, 2.05) is 0 Å². The maximum Gasteiger partial charge on any atom is 0.335 e. The maximum atomic E-state index is 13.6. The first-order valence-corrected chi connectivity index (χ1v) is 6.23. The standard InChI is InChI=1S/C14H10BrFO3/c1-8-6-9(14(17)18)2-4-12(8)19-13-5-3-10(15)7-11(13)16/h2-7H,1H3,(H,17,18). The van der Waals surface area contributed by atoms with E-state index in [9.17, 15) is 9.18 Å². The first kappa shape index (κ1) is 13.5. The lowest BCUT2D eigenvalue weighted by Crippen LogP contribution is -1.98. The van der Waals surface area contributed by atoms with Gasteiger partial charge in [-0.3, -0.25) is 0 Å². The molecule has 0 unspecified atom stereocenters. The zero-order valence-electron chi connectivity index (χ0n) is 9.98. The van der Waals surface area contributed by atoms with Gasteiger partial charge in [0.1, 0.15) is 5.75 Å². The van der Waals surface area contributed by atoms with Crippen molar-refractivity contribution < 1.29 is 19.0 Å². The average Bonchev–Trinajstić information content (AvgIpc) is 2.34. The Bertz CT molecular complexity index is 641. The van der Waals surface area contributed by atoms with E-state index in [0.29, 0.717) is 15.8 Å². The lowest BCUT2D eigenvalue weighted by atomic mass is 10.1. The van der Waals surface area contributed by atoms with Crippen LogP contribution in [-0.2, 0) is 0 Å². The molecule has 0 atom stereocenters. The number of hydrogen-bond acceptors (Lipinski definition) is 2. The lowest BCUT2D eigenvalue weighted by Gasteiger charge is -2.10. The molecule has 2 aromatic carbocycles. The molecule has 0 saturated carbocycles. The van der Waals surface area contributed by atoms with Gasteiger partial charge in [0.2, 0.25) is 0 Å². The number of halogens is 2. The predicted molar refractivity (Wildman–Crippen MR) is 72.3 cm³/mol. The van der Waals surface area contributed by atoms with E-state index in [1.54, 1.807) is 13.0 Å². The fourth-order valence-corrected chi connectivity index (χ4v) is 1.91. The molecule has 1 N–H and O–H groups in total. The summed E-state index contributed by atoms with van der Waals surface area (Å²) < 4.78 is 19.7. The van der Waals surface area contributed by atoms with Gasteiger partial charge in [-0.05, 0) is 48.9 Å². The van der Waals surface area contributed by atoms with Crippen LogP contribution in [0.2, 0.25) is 0 Å². The molecular weight excluding hydrogens is 315 g/mol. The van der Waals surface area contributed by atoms with Crippen molar-refractivity contribution in [1.82, 2.24) is 0 Å². The minimum atomic E-state index is -1.01. The van der Waals surface area contributed by atoms with E-state index in [2.05, 4.69) is 15.9 Å². The Labute approximate surface area is 117 Å². The zero-order chi connectivity index (χ0) is 14.0. The van der Waals surface area contributed by atoms with E-state index in [-0.39, 0.29) is 11.3 Å². The highest BCUT2D eigenvalue weighted by atomic mass is 79.9. The van der Waals surface area contributed by atoms with Gasteiger partial charge in [0.25, 0.3) is 0 Å². The van der Waals surface area contributed by atoms with Crippen molar-refractivity contribution in [1.29, 1.82) is 0 Å². The smallest absolute Gasteiger partial charge is 0.335 e. The highest BCUT2D eigenvalue weighted by Crippen LogP contribution is 2.29. The SMILES string of the molecule is Cc1cc(C(=O)O)ccc1Oc1ccc(Br)cc1F. The third-order valence-corrected chi connectivity index (χ3v) is 3.03. The molecular formula is C14H10BrFO3. The molecule has 3 nitrogen and oxygen atoms in total. The van der Waals surface area contributed by atoms with Crippen LogP contribution in [0.3, 0.4) is 0 Å². The van der Waals surface area contributed by atoms with E-state index >= 15 is 0 Å². The van der Waals surface area contributed by atoms with Crippen molar-refractivity contribution in [2.24, 2.45) is 0 Å². The number of ether oxygens (including phenoxy) is 1. The molecule has 0 aliphatic rings. The largest absolute Gasteiger partial charge is 0.478 e. The van der Waals surface area contributed by atoms with E-state index < -0.39 is 11.8 Å². The highest BCUT2D eigenvalue weighted by Gasteiger charge is 2.10. The number of benzene rings is 2. The van der Waals surface area contributed by atoms with Gasteiger partial charge in [-0.15, -0.1) is 0 Å². The molecule has 0 aliphatic heterocycles. The summed E-state index contributed by atoms with van der Waals surface area (Å²) in [5.74, 6) is -0.985. The van der Waals surface area contributed by atoms with Crippen LogP contribution >= 0.6 is 15.9 Å². The molecule has 5 heteroatoms. The summed E-state index contributed by atoms with van der Waals surface area (Å²) in [7, 11) is 0. The molecule has 0 aromatic heterocycles. The third kappa shape index (κ3) is 3.12. The van der Waals surface area contributed by atoms with E-state index in [0.717, 1.165) is 0 Å². The second-order valence-corrected chi connectivity index (χ2v) is 4.88. The monoisotopic (exact) mass is 324 g/mol. The minimum Gasteiger partial charge on any atom is -0.478 e. The third-order valence-electron chi connectivity index (χ3n) is 2.54. The van der Waals surface area contributed by atoms with E-state index in [4.69, 9.17) is 9.84 Å². The minimum absolute atomic E-state index is 0.0920. The van der Waals surface area contributed by atoms with Crippen LogP contribution in [0.25, 0.3) is 0 Å². The van der Waals surface area contributed by atoms with Gasteiger partial charge in [-0.1, -0.05) is 15.9 Å². The van der Waals surface area contributed by atoms with Crippen LogP contribution in [0.1, 0.15) is 15.9 Å². The number of carbonyl (C=O) groups is 1. The van der Waals surface area contributed by atoms with Gasteiger partial charge < -0.3 is 9.84 Å². The maximum absolute atomic E-state index is 13.6. The molecule has 0 aliphatic carbocycles. The Morgan fingerprint density at radius 3 is 2.47 bits per heavy atom. The molecule has 19 heavy (non-hydrogen) atoms. The van der Waals surface area contributed by atoms with Crippen molar-refractivity contribution in [3.63, 3.8) is 0 Å². The molecule has 0 spiro atoms. The fraction of sp³-hybridized carbons (Fsp3) is 0.0714. The van der Waals surface area contributed by atoms with Crippen molar-refractivity contribution in [2.45, 2.75) is 6.92 Å². The molecule has 0 saturated heterocycles. The summed E-state index contributed by atoms with van der Waals surface area (Å²) in [6.07, 6.45) is 0. The zero-order valence-corrected chi connectivity index (χ0v) is 11.6. The number of carboxylic acids is 1. The molecule has 0 amide bonds. The Balaban J connectivity index is 2.31. The summed E-state index contributed by atoms with van der Waals surface area (Å²) in [5, 5.41) is 8.86. The van der Waals surface area contributed by atoms with E-state index in [1.165, 1.54) is 30.3 Å². The highest BCUT2D eigenvalue weighted by molar-refractivity contribution is 9.10. The normalized spacial score (nSPS) is 10.3. The molecule has 2 aromatic rings. The molecule has 98 valence electrons. The Morgan fingerprint density at radius 2 is 1.89 bits per heavy atom. The second-order valence-electron chi connectivity index (χ2n) is 3.96. The van der Waals surface area contributed by atoms with Crippen LogP contribution in [0, 0.1) is 12.7 Å². The number of aromatic carboxylic acids is 1. The molecule has 0 fully saturated rings. The van der Waals surface area contributed by atoms with Gasteiger partial charge in [0, 0.05) is 4.47 Å². The Kier molecular flexibility index (Phi) is 3.85. The molecule has 0 radical (unpaired) electrons. The summed E-state index contributed by atoms with van der Waals surface area (Å²) in [6.45, 7) is 1.71. The number of rotatable bonds is 3. The van der Waals surface area contributed by atoms with Gasteiger partial charge in [0.05, 0.1) is 5.56 Å². The van der Waals surface area contributed by atoms with Crippen molar-refractivity contribution in [3.05, 3.63) is 57.8 Å². The van der Waals surface area contributed by atoms with Crippen LogP contribution in [0.5, 0.6) is 11.5 Å². The predicted octanol–water partition coefficient (Wildman–Crippen LogP) is 4.39. The summed E-state index contributed by atoms with van der Waals surface area (Å²) in [5.41, 5.74) is 0.795. The first-order valence-electron chi connectivity index (χ1n) is 5.44. The van der Waals surface area contributed by atoms with Gasteiger partial charge in [-0.2, -0.15) is 0 Å². The van der Waals surface area contributed by atoms with Crippen LogP contribution in [0.4, 0.5) is 4.39 Å². The summed E-state index contributed by atoms with van der Waals surface area (Å²) >= 11 is 3.16. The number of aryl methyl sites for hydroxylation is 1. The van der Waals surface area contributed by atoms with Gasteiger partial charge in [-0.25, -0.2) is 9.18 Å². The molecule has 2 rings (SSSR count). The van der Waals surface area contributed by atoms with Gasteiger partial charge in [0.15, 0.2) is 11.6 Å². The van der Waals surface area contributed by atoms with Crippen LogP contribution in [0.15, 0.2) is 40.9 Å². The van der Waals surface area contributed by atoms with Crippen molar-refractivity contribution in [2.75, 3.05) is 0 Å². The average molecular weight is 325 g/mol. The Morgan fingerprint density at radius 1 is 1.21 bits per heavy atom.